The third kappa shape index (κ3) is 1.99. The van der Waals surface area contributed by atoms with Crippen molar-refractivity contribution in [3.05, 3.63) is 0 Å². The van der Waals surface area contributed by atoms with E-state index in [1.165, 1.54) is 0 Å². The molecule has 2 rings (SSSR count). The van der Waals surface area contributed by atoms with Gasteiger partial charge < -0.3 is 0 Å². The average Bonchev–Trinajstić information content (AvgIpc) is 3.01. The molecule has 1 heterocycles. The normalized spacial score (nSPS) is 30.5. The van der Waals surface area contributed by atoms with E-state index in [4.69, 9.17) is 0 Å². The summed E-state index contributed by atoms with van der Waals surface area (Å²) >= 11 is 3.41. The van der Waals surface area contributed by atoms with Crippen molar-refractivity contribution in [2.75, 3.05) is 11.9 Å². The van der Waals surface area contributed by atoms with Crippen LogP contribution in [0.15, 0.2) is 0 Å². The number of alkyl halides is 1. The molecule has 0 N–H and O–H groups in total. The first-order valence-electron chi connectivity index (χ1n) is 5.23. The van der Waals surface area contributed by atoms with Gasteiger partial charge in [-0.15, -0.1) is 0 Å². The third-order valence-electron chi connectivity index (χ3n) is 3.02. The zero-order valence-electron chi connectivity index (χ0n) is 8.15. The van der Waals surface area contributed by atoms with Crippen LogP contribution in [0.1, 0.15) is 32.1 Å². The summed E-state index contributed by atoms with van der Waals surface area (Å²) < 4.78 is 25.8. The van der Waals surface area contributed by atoms with Gasteiger partial charge in [0, 0.05) is 17.9 Å². The maximum atomic E-state index is 12.0. The summed E-state index contributed by atoms with van der Waals surface area (Å²) in [7, 11) is -2.95. The highest BCUT2D eigenvalue weighted by Gasteiger charge is 2.42. The Morgan fingerprint density at radius 2 is 1.93 bits per heavy atom. The first kappa shape index (κ1) is 10.9. The van der Waals surface area contributed by atoms with Crippen LogP contribution in [0, 0.1) is 0 Å². The lowest BCUT2D eigenvalue weighted by Gasteiger charge is -2.33. The van der Waals surface area contributed by atoms with Crippen LogP contribution in [-0.4, -0.2) is 35.9 Å². The Hall–Kier alpha value is 0.390. The Morgan fingerprint density at radius 1 is 1.21 bits per heavy atom. The second-order valence-corrected chi connectivity index (χ2v) is 6.97. The van der Waals surface area contributed by atoms with Crippen LogP contribution in [0.2, 0.25) is 0 Å². The van der Waals surface area contributed by atoms with Gasteiger partial charge in [-0.1, -0.05) is 22.4 Å². The number of halogens is 1. The summed E-state index contributed by atoms with van der Waals surface area (Å²) in [6.45, 7) is 0.731. The first-order chi connectivity index (χ1) is 6.66. The van der Waals surface area contributed by atoms with E-state index in [2.05, 4.69) is 15.9 Å². The van der Waals surface area contributed by atoms with Crippen LogP contribution in [0.3, 0.4) is 0 Å². The molecule has 2 fully saturated rings. The summed E-state index contributed by atoms with van der Waals surface area (Å²) in [5.74, 6) is 0. The molecule has 82 valence electrons. The molecule has 1 atom stereocenters. The third-order valence-corrected chi connectivity index (χ3v) is 6.22. The Bertz CT molecular complexity index is 300. The van der Waals surface area contributed by atoms with Crippen LogP contribution in [0.4, 0.5) is 0 Å². The molecule has 1 aliphatic heterocycles. The molecule has 0 spiro atoms. The van der Waals surface area contributed by atoms with Crippen molar-refractivity contribution in [2.24, 2.45) is 0 Å². The molecule has 1 aliphatic carbocycles. The zero-order valence-corrected chi connectivity index (χ0v) is 10.6. The highest BCUT2D eigenvalue weighted by molar-refractivity contribution is 9.09. The maximum absolute atomic E-state index is 12.0. The fourth-order valence-corrected chi connectivity index (χ4v) is 4.98. The van der Waals surface area contributed by atoms with Crippen LogP contribution in [0.5, 0.6) is 0 Å². The summed E-state index contributed by atoms with van der Waals surface area (Å²) in [5.41, 5.74) is 0. The van der Waals surface area contributed by atoms with Crippen LogP contribution >= 0.6 is 15.9 Å². The molecule has 0 bridgehead atoms. The molecule has 0 aromatic carbocycles. The Balaban J connectivity index is 2.13. The molecule has 0 aromatic rings. The Labute approximate surface area is 94.0 Å². The zero-order chi connectivity index (χ0) is 10.2. The van der Waals surface area contributed by atoms with Crippen molar-refractivity contribution >= 4 is 26.0 Å². The van der Waals surface area contributed by atoms with Gasteiger partial charge in [-0.3, -0.25) is 0 Å². The topological polar surface area (TPSA) is 37.4 Å². The predicted octanol–water partition coefficient (Wildman–Crippen LogP) is 1.73. The minimum atomic E-state index is -2.95. The van der Waals surface area contributed by atoms with Gasteiger partial charge in [0.1, 0.15) is 0 Å². The van der Waals surface area contributed by atoms with Gasteiger partial charge in [0.05, 0.1) is 5.25 Å². The molecule has 14 heavy (non-hydrogen) atoms. The smallest absolute Gasteiger partial charge is 0.212 e. The minimum Gasteiger partial charge on any atom is -0.212 e. The summed E-state index contributed by atoms with van der Waals surface area (Å²) in [5, 5.41) is 0.723. The van der Waals surface area contributed by atoms with Crippen LogP contribution in [0.25, 0.3) is 0 Å². The molecule has 0 radical (unpaired) electrons. The maximum Gasteiger partial charge on any atom is 0.217 e. The fraction of sp³-hybridized carbons (Fsp3) is 1.00. The highest BCUT2D eigenvalue weighted by atomic mass is 79.9. The van der Waals surface area contributed by atoms with Gasteiger partial charge in [-0.05, 0) is 25.7 Å². The lowest BCUT2D eigenvalue weighted by atomic mass is 10.1. The molecular weight excluding hydrogens is 266 g/mol. The van der Waals surface area contributed by atoms with E-state index in [0.29, 0.717) is 0 Å². The van der Waals surface area contributed by atoms with Gasteiger partial charge in [0.25, 0.3) is 0 Å². The fourth-order valence-electron chi connectivity index (χ4n) is 2.02. The van der Waals surface area contributed by atoms with E-state index < -0.39 is 10.0 Å². The Morgan fingerprint density at radius 3 is 2.50 bits per heavy atom. The molecule has 0 aromatic heterocycles. The molecule has 5 heteroatoms. The molecule has 3 nitrogen and oxygen atoms in total. The van der Waals surface area contributed by atoms with E-state index >= 15 is 0 Å². The van der Waals surface area contributed by atoms with Gasteiger partial charge in [0.15, 0.2) is 0 Å². The van der Waals surface area contributed by atoms with Crippen molar-refractivity contribution in [2.45, 2.75) is 43.4 Å². The van der Waals surface area contributed by atoms with Gasteiger partial charge >= 0.3 is 0 Å². The van der Waals surface area contributed by atoms with E-state index in [1.54, 1.807) is 4.31 Å². The number of hydrogen-bond acceptors (Lipinski definition) is 2. The SMILES string of the molecule is O=S(=O)(C1CC1)N1CCCCC1CBr. The van der Waals surface area contributed by atoms with Gasteiger partial charge in [-0.25, -0.2) is 8.42 Å². The largest absolute Gasteiger partial charge is 0.217 e. The molecule has 2 aliphatic rings. The van der Waals surface area contributed by atoms with E-state index in [0.717, 1.165) is 44.0 Å². The summed E-state index contributed by atoms with van der Waals surface area (Å²) in [6.07, 6.45) is 4.93. The van der Waals surface area contributed by atoms with Crippen LogP contribution < -0.4 is 0 Å². The predicted molar refractivity (Wildman–Crippen MR) is 60.1 cm³/mol. The number of nitrogens with zero attached hydrogens (tertiary/aromatic N) is 1. The molecule has 1 unspecified atom stereocenters. The molecular formula is C9H16BrNO2S. The number of sulfonamides is 1. The minimum absolute atomic E-state index is 0.0536. The van der Waals surface area contributed by atoms with E-state index in [1.807, 2.05) is 0 Å². The van der Waals surface area contributed by atoms with E-state index in [-0.39, 0.29) is 11.3 Å². The van der Waals surface area contributed by atoms with Crippen molar-refractivity contribution in [3.8, 4) is 0 Å². The van der Waals surface area contributed by atoms with Crippen molar-refractivity contribution in [1.82, 2.24) is 4.31 Å². The monoisotopic (exact) mass is 281 g/mol. The quantitative estimate of drug-likeness (QED) is 0.739. The van der Waals surface area contributed by atoms with Crippen LogP contribution in [-0.2, 0) is 10.0 Å². The summed E-state index contributed by atoms with van der Waals surface area (Å²) in [4.78, 5) is 0. The second kappa shape index (κ2) is 4.10. The average molecular weight is 282 g/mol. The molecule has 1 saturated heterocycles. The molecule has 0 amide bonds. The number of piperidine rings is 1. The van der Waals surface area contributed by atoms with Crippen molar-refractivity contribution in [1.29, 1.82) is 0 Å². The first-order valence-corrected chi connectivity index (χ1v) is 7.85. The second-order valence-electron chi connectivity index (χ2n) is 4.16. The number of hydrogen-bond donors (Lipinski definition) is 0. The summed E-state index contributed by atoms with van der Waals surface area (Å²) in [6, 6.07) is 0.203. The van der Waals surface area contributed by atoms with Crippen molar-refractivity contribution in [3.63, 3.8) is 0 Å². The highest BCUT2D eigenvalue weighted by Crippen LogP contribution is 2.34. The van der Waals surface area contributed by atoms with Gasteiger partial charge in [0.2, 0.25) is 10.0 Å². The lowest BCUT2D eigenvalue weighted by Crippen LogP contribution is -2.46. The Kier molecular flexibility index (Phi) is 3.19. The molecule has 1 saturated carbocycles. The van der Waals surface area contributed by atoms with Crippen molar-refractivity contribution < 1.29 is 8.42 Å². The lowest BCUT2D eigenvalue weighted by molar-refractivity contribution is 0.273. The van der Waals surface area contributed by atoms with E-state index in [9.17, 15) is 8.42 Å². The number of rotatable bonds is 3. The van der Waals surface area contributed by atoms with Gasteiger partial charge in [-0.2, -0.15) is 4.31 Å². The standard InChI is InChI=1S/C9H16BrNO2S/c10-7-8-3-1-2-6-11(8)14(12,13)9-4-5-9/h8-9H,1-7H2.